The van der Waals surface area contributed by atoms with Crippen LogP contribution in [0.5, 0.6) is 0 Å². The maximum absolute atomic E-state index is 13.7. The molecule has 0 saturated heterocycles. The Hall–Kier alpha value is -3.75. The van der Waals surface area contributed by atoms with Crippen LogP contribution in [0, 0.1) is 0 Å². The first-order valence-electron chi connectivity index (χ1n) is 8.60. The lowest BCUT2D eigenvalue weighted by molar-refractivity contribution is -0.136. The SMILES string of the molecule is O=C(NCc1ccc(-n2ccnc2)nc1)c1cnc2ccccc2c1C(F)(F)F. The minimum absolute atomic E-state index is 0.0279. The Morgan fingerprint density at radius 2 is 1.90 bits per heavy atom. The van der Waals surface area contributed by atoms with Gasteiger partial charge in [-0.15, -0.1) is 0 Å². The van der Waals surface area contributed by atoms with Crippen LogP contribution < -0.4 is 5.32 Å². The minimum atomic E-state index is -4.69. The van der Waals surface area contributed by atoms with E-state index in [4.69, 9.17) is 0 Å². The van der Waals surface area contributed by atoms with Crippen molar-refractivity contribution in [2.45, 2.75) is 12.7 Å². The number of halogens is 3. The molecule has 6 nitrogen and oxygen atoms in total. The maximum atomic E-state index is 13.7. The summed E-state index contributed by atoms with van der Waals surface area (Å²) in [5.41, 5.74) is -0.687. The van der Waals surface area contributed by atoms with Crippen molar-refractivity contribution in [2.24, 2.45) is 0 Å². The standard InChI is InChI=1S/C20H14F3N5O/c21-20(22,23)18-14-3-1-2-4-16(14)25-11-15(18)19(29)27-10-13-5-6-17(26-9-13)28-8-7-24-12-28/h1-9,11-12H,10H2,(H,27,29). The zero-order chi connectivity index (χ0) is 20.4. The Morgan fingerprint density at radius 3 is 2.59 bits per heavy atom. The number of carbonyl (C=O) groups excluding carboxylic acids is 1. The third kappa shape index (κ3) is 3.79. The highest BCUT2D eigenvalue weighted by molar-refractivity contribution is 6.00. The van der Waals surface area contributed by atoms with Crippen molar-refractivity contribution in [3.63, 3.8) is 0 Å². The largest absolute Gasteiger partial charge is 0.417 e. The molecule has 0 aliphatic rings. The summed E-state index contributed by atoms with van der Waals surface area (Å²) in [7, 11) is 0. The van der Waals surface area contributed by atoms with Crippen LogP contribution in [0.1, 0.15) is 21.5 Å². The Bertz CT molecular complexity index is 1160. The summed E-state index contributed by atoms with van der Waals surface area (Å²) >= 11 is 0. The number of nitrogens with zero attached hydrogens (tertiary/aromatic N) is 4. The molecule has 29 heavy (non-hydrogen) atoms. The number of alkyl halides is 3. The number of hydrogen-bond donors (Lipinski definition) is 1. The first-order valence-corrected chi connectivity index (χ1v) is 8.60. The van der Waals surface area contributed by atoms with Gasteiger partial charge in [0.05, 0.1) is 16.6 Å². The number of fused-ring (bicyclic) bond motifs is 1. The number of pyridine rings is 2. The van der Waals surface area contributed by atoms with E-state index in [-0.39, 0.29) is 17.4 Å². The highest BCUT2D eigenvalue weighted by Crippen LogP contribution is 2.36. The van der Waals surface area contributed by atoms with Gasteiger partial charge in [0.2, 0.25) is 0 Å². The molecule has 3 heterocycles. The van der Waals surface area contributed by atoms with Crippen molar-refractivity contribution in [3.8, 4) is 5.82 Å². The summed E-state index contributed by atoms with van der Waals surface area (Å²) in [4.78, 5) is 24.7. The summed E-state index contributed by atoms with van der Waals surface area (Å²) in [5.74, 6) is -0.218. The van der Waals surface area contributed by atoms with Gasteiger partial charge in [0.15, 0.2) is 0 Å². The second-order valence-electron chi connectivity index (χ2n) is 6.24. The average molecular weight is 397 g/mol. The number of amides is 1. The third-order valence-corrected chi connectivity index (χ3v) is 4.33. The molecule has 3 aromatic heterocycles. The van der Waals surface area contributed by atoms with Gasteiger partial charge in [-0.1, -0.05) is 24.3 Å². The molecule has 0 fully saturated rings. The molecule has 146 valence electrons. The van der Waals surface area contributed by atoms with Crippen LogP contribution in [-0.2, 0) is 12.7 Å². The molecule has 0 unspecified atom stereocenters. The number of hydrogen-bond acceptors (Lipinski definition) is 4. The normalized spacial score (nSPS) is 11.6. The van der Waals surface area contributed by atoms with Crippen LogP contribution in [0.3, 0.4) is 0 Å². The molecule has 4 rings (SSSR count). The van der Waals surface area contributed by atoms with E-state index < -0.39 is 23.2 Å². The third-order valence-electron chi connectivity index (χ3n) is 4.33. The Kier molecular flexibility index (Phi) is 4.71. The van der Waals surface area contributed by atoms with Gasteiger partial charge >= 0.3 is 6.18 Å². The number of para-hydroxylation sites is 1. The number of aromatic nitrogens is 4. The molecule has 4 aromatic rings. The van der Waals surface area contributed by atoms with E-state index in [1.54, 1.807) is 47.7 Å². The van der Waals surface area contributed by atoms with Crippen molar-refractivity contribution >= 4 is 16.8 Å². The zero-order valence-corrected chi connectivity index (χ0v) is 14.9. The predicted octanol–water partition coefficient (Wildman–Crippen LogP) is 3.76. The van der Waals surface area contributed by atoms with Crippen molar-refractivity contribution in [1.29, 1.82) is 0 Å². The van der Waals surface area contributed by atoms with Crippen LogP contribution >= 0.6 is 0 Å². The van der Waals surface area contributed by atoms with Crippen LogP contribution in [0.25, 0.3) is 16.7 Å². The molecule has 1 aromatic carbocycles. The molecule has 0 aliphatic carbocycles. The zero-order valence-electron chi connectivity index (χ0n) is 14.9. The van der Waals surface area contributed by atoms with E-state index in [2.05, 4.69) is 20.3 Å². The molecule has 0 saturated carbocycles. The van der Waals surface area contributed by atoms with Gasteiger partial charge in [0.1, 0.15) is 12.1 Å². The highest BCUT2D eigenvalue weighted by atomic mass is 19.4. The van der Waals surface area contributed by atoms with Crippen molar-refractivity contribution in [3.05, 3.63) is 84.2 Å². The maximum Gasteiger partial charge on any atom is 0.417 e. The van der Waals surface area contributed by atoms with E-state index >= 15 is 0 Å². The summed E-state index contributed by atoms with van der Waals surface area (Å²) in [6, 6.07) is 9.30. The molecule has 1 amide bonds. The van der Waals surface area contributed by atoms with Crippen molar-refractivity contribution < 1.29 is 18.0 Å². The minimum Gasteiger partial charge on any atom is -0.348 e. The molecule has 0 spiro atoms. The fourth-order valence-electron chi connectivity index (χ4n) is 2.97. The number of rotatable bonds is 4. The number of benzene rings is 1. The van der Waals surface area contributed by atoms with Crippen LogP contribution in [0.4, 0.5) is 13.2 Å². The van der Waals surface area contributed by atoms with Gasteiger partial charge < -0.3 is 5.32 Å². The number of nitrogens with one attached hydrogen (secondary N) is 1. The lowest BCUT2D eigenvalue weighted by Gasteiger charge is -2.15. The van der Waals surface area contributed by atoms with Gasteiger partial charge in [-0.05, 0) is 17.7 Å². The van der Waals surface area contributed by atoms with Gasteiger partial charge in [-0.2, -0.15) is 13.2 Å². The number of carbonyl (C=O) groups is 1. The van der Waals surface area contributed by atoms with Crippen LogP contribution in [-0.4, -0.2) is 25.4 Å². The molecule has 0 radical (unpaired) electrons. The lowest BCUT2D eigenvalue weighted by atomic mass is 10.0. The fraction of sp³-hybridized carbons (Fsp3) is 0.100. The Morgan fingerprint density at radius 1 is 1.07 bits per heavy atom. The van der Waals surface area contributed by atoms with Gasteiger partial charge in [-0.25, -0.2) is 9.97 Å². The first-order chi connectivity index (χ1) is 13.9. The molecule has 0 aliphatic heterocycles. The lowest BCUT2D eigenvalue weighted by Crippen LogP contribution is -2.26. The van der Waals surface area contributed by atoms with E-state index in [9.17, 15) is 18.0 Å². The quantitative estimate of drug-likeness (QED) is 0.569. The second kappa shape index (κ2) is 7.34. The summed E-state index contributed by atoms with van der Waals surface area (Å²) in [5, 5.41) is 2.40. The molecular formula is C20H14F3N5O. The monoisotopic (exact) mass is 397 g/mol. The summed E-state index contributed by atoms with van der Waals surface area (Å²) in [6.45, 7) is 0.0279. The van der Waals surface area contributed by atoms with Crippen LogP contribution in [0.2, 0.25) is 0 Å². The Labute approximate surface area is 163 Å². The molecule has 1 N–H and O–H groups in total. The number of imidazole rings is 1. The van der Waals surface area contributed by atoms with E-state index in [1.165, 1.54) is 18.2 Å². The van der Waals surface area contributed by atoms with Crippen LogP contribution in [0.15, 0.2) is 67.5 Å². The Balaban J connectivity index is 1.56. The van der Waals surface area contributed by atoms with Gasteiger partial charge in [0, 0.05) is 36.7 Å². The van der Waals surface area contributed by atoms with E-state index in [0.717, 1.165) is 6.20 Å². The average Bonchev–Trinajstić information content (AvgIpc) is 3.25. The second-order valence-corrected chi connectivity index (χ2v) is 6.24. The molecule has 0 atom stereocenters. The topological polar surface area (TPSA) is 72.7 Å². The predicted molar refractivity (Wildman–Crippen MR) is 99.3 cm³/mol. The molecular weight excluding hydrogens is 383 g/mol. The van der Waals surface area contributed by atoms with Crippen molar-refractivity contribution in [1.82, 2.24) is 24.8 Å². The summed E-state index contributed by atoms with van der Waals surface area (Å²) in [6.07, 6.45) is 2.75. The molecule has 0 bridgehead atoms. The van der Waals surface area contributed by atoms with Gasteiger partial charge in [0.25, 0.3) is 5.91 Å². The smallest absolute Gasteiger partial charge is 0.348 e. The fourth-order valence-corrected chi connectivity index (χ4v) is 2.97. The van der Waals surface area contributed by atoms with E-state index in [1.807, 2.05) is 0 Å². The molecule has 9 heteroatoms. The highest BCUT2D eigenvalue weighted by Gasteiger charge is 2.37. The summed E-state index contributed by atoms with van der Waals surface area (Å²) < 4.78 is 42.7. The first kappa shape index (κ1) is 18.6. The van der Waals surface area contributed by atoms with Crippen molar-refractivity contribution in [2.75, 3.05) is 0 Å². The van der Waals surface area contributed by atoms with E-state index in [0.29, 0.717) is 11.4 Å². The van der Waals surface area contributed by atoms with Gasteiger partial charge in [-0.3, -0.25) is 14.3 Å².